The molecule has 2 rings (SSSR count). The molecule has 1 aliphatic heterocycles. The molecule has 0 spiro atoms. The third-order valence-corrected chi connectivity index (χ3v) is 5.44. The highest BCUT2D eigenvalue weighted by atomic mass is 79.9. The fraction of sp³-hybridized carbons (Fsp3) is 0.364. The number of sulfonamides is 1. The maximum atomic E-state index is 12.2. The summed E-state index contributed by atoms with van der Waals surface area (Å²) in [6, 6.07) is 6.12. The summed E-state index contributed by atoms with van der Waals surface area (Å²) in [6.07, 6.45) is -0.543. The molecule has 8 heteroatoms. The molecule has 1 fully saturated rings. The summed E-state index contributed by atoms with van der Waals surface area (Å²) in [5.41, 5.74) is 0. The van der Waals surface area contributed by atoms with Crippen molar-refractivity contribution in [2.24, 2.45) is 0 Å². The highest BCUT2D eigenvalue weighted by molar-refractivity contribution is 9.10. The maximum absolute atomic E-state index is 12.2. The molecule has 0 saturated carbocycles. The third kappa shape index (κ3) is 3.26. The van der Waals surface area contributed by atoms with Crippen LogP contribution in [0.1, 0.15) is 6.42 Å². The molecule has 1 atom stereocenters. The van der Waals surface area contributed by atoms with Crippen LogP contribution in [0.15, 0.2) is 33.6 Å². The van der Waals surface area contributed by atoms with Gasteiger partial charge in [-0.25, -0.2) is 17.9 Å². The van der Waals surface area contributed by atoms with Crippen molar-refractivity contribution >= 4 is 32.0 Å². The molecule has 19 heavy (non-hydrogen) atoms. The van der Waals surface area contributed by atoms with Gasteiger partial charge in [-0.15, -0.1) is 0 Å². The number of amides is 1. The van der Waals surface area contributed by atoms with Gasteiger partial charge in [-0.3, -0.25) is 0 Å². The van der Waals surface area contributed by atoms with E-state index >= 15 is 0 Å². The quantitative estimate of drug-likeness (QED) is 0.866. The number of likely N-dealkylation sites (tertiary alicyclic amines) is 1. The second-order valence-electron chi connectivity index (χ2n) is 4.27. The molecule has 1 aromatic carbocycles. The summed E-state index contributed by atoms with van der Waals surface area (Å²) in [5.74, 6) is 0. The number of carboxylic acid groups (broad SMARTS) is 1. The predicted molar refractivity (Wildman–Crippen MR) is 72.5 cm³/mol. The summed E-state index contributed by atoms with van der Waals surface area (Å²) in [7, 11) is -3.64. The van der Waals surface area contributed by atoms with Crippen molar-refractivity contribution in [2.75, 3.05) is 13.1 Å². The van der Waals surface area contributed by atoms with Crippen molar-refractivity contribution in [2.45, 2.75) is 17.4 Å². The van der Waals surface area contributed by atoms with E-state index in [1.807, 2.05) is 0 Å². The Hall–Kier alpha value is -1.12. The number of rotatable bonds is 3. The topological polar surface area (TPSA) is 86.7 Å². The highest BCUT2D eigenvalue weighted by Gasteiger charge is 2.30. The Morgan fingerprint density at radius 3 is 2.68 bits per heavy atom. The smallest absolute Gasteiger partial charge is 0.407 e. The van der Waals surface area contributed by atoms with Gasteiger partial charge < -0.3 is 10.0 Å². The molecule has 6 nitrogen and oxygen atoms in total. The SMILES string of the molecule is O=C(O)N1CC[C@H](NS(=O)(=O)c2ccccc2Br)C1. The number of benzene rings is 1. The number of hydrogen-bond acceptors (Lipinski definition) is 3. The van der Waals surface area contributed by atoms with Crippen LogP contribution in [0.4, 0.5) is 4.79 Å². The predicted octanol–water partition coefficient (Wildman–Crippen LogP) is 1.48. The molecule has 1 amide bonds. The molecule has 104 valence electrons. The minimum atomic E-state index is -3.64. The second-order valence-corrected chi connectivity index (χ2v) is 6.80. The van der Waals surface area contributed by atoms with E-state index in [0.29, 0.717) is 17.4 Å². The van der Waals surface area contributed by atoms with E-state index < -0.39 is 16.1 Å². The van der Waals surface area contributed by atoms with Crippen molar-refractivity contribution in [3.63, 3.8) is 0 Å². The first-order valence-corrected chi connectivity index (χ1v) is 7.92. The van der Waals surface area contributed by atoms with Crippen molar-refractivity contribution in [3.05, 3.63) is 28.7 Å². The monoisotopic (exact) mass is 348 g/mol. The largest absolute Gasteiger partial charge is 0.465 e. The van der Waals surface area contributed by atoms with Crippen LogP contribution in [-0.2, 0) is 10.0 Å². The molecule has 0 aromatic heterocycles. The zero-order chi connectivity index (χ0) is 14.0. The first kappa shape index (κ1) is 14.3. The van der Waals surface area contributed by atoms with Crippen LogP contribution >= 0.6 is 15.9 Å². The van der Waals surface area contributed by atoms with Crippen LogP contribution < -0.4 is 4.72 Å². The summed E-state index contributed by atoms with van der Waals surface area (Å²) >= 11 is 3.19. The zero-order valence-electron chi connectivity index (χ0n) is 9.91. The Bertz CT molecular complexity index is 590. The van der Waals surface area contributed by atoms with Gasteiger partial charge in [-0.2, -0.15) is 0 Å². The minimum absolute atomic E-state index is 0.156. The number of hydrogen-bond donors (Lipinski definition) is 2. The number of halogens is 1. The zero-order valence-corrected chi connectivity index (χ0v) is 12.3. The van der Waals surface area contributed by atoms with Gasteiger partial charge in [0, 0.05) is 23.6 Å². The minimum Gasteiger partial charge on any atom is -0.465 e. The van der Waals surface area contributed by atoms with Gasteiger partial charge in [0.25, 0.3) is 0 Å². The fourth-order valence-electron chi connectivity index (χ4n) is 1.98. The van der Waals surface area contributed by atoms with Crippen LogP contribution in [0, 0.1) is 0 Å². The Kier molecular flexibility index (Phi) is 4.12. The molecule has 2 N–H and O–H groups in total. The molecule has 1 saturated heterocycles. The molecule has 0 bridgehead atoms. The van der Waals surface area contributed by atoms with E-state index in [2.05, 4.69) is 20.7 Å². The molecule has 1 aromatic rings. The average molecular weight is 349 g/mol. The molecule has 0 radical (unpaired) electrons. The Labute approximate surface area is 119 Å². The summed E-state index contributed by atoms with van der Waals surface area (Å²) in [4.78, 5) is 12.1. The average Bonchev–Trinajstić information content (AvgIpc) is 2.77. The molecular weight excluding hydrogens is 336 g/mol. The lowest BCUT2D eigenvalue weighted by molar-refractivity contribution is 0.155. The first-order chi connectivity index (χ1) is 8.90. The maximum Gasteiger partial charge on any atom is 0.407 e. The van der Waals surface area contributed by atoms with E-state index in [9.17, 15) is 13.2 Å². The second kappa shape index (κ2) is 5.48. The van der Waals surface area contributed by atoms with Crippen LogP contribution in [0.3, 0.4) is 0 Å². The van der Waals surface area contributed by atoms with Gasteiger partial charge in [0.2, 0.25) is 10.0 Å². The van der Waals surface area contributed by atoms with Gasteiger partial charge in [-0.05, 0) is 34.5 Å². The Morgan fingerprint density at radius 1 is 1.42 bits per heavy atom. The van der Waals surface area contributed by atoms with E-state index in [-0.39, 0.29) is 17.5 Å². The Balaban J connectivity index is 2.11. The van der Waals surface area contributed by atoms with Crippen LogP contribution in [-0.4, -0.2) is 43.6 Å². The summed E-state index contributed by atoms with van der Waals surface area (Å²) in [5, 5.41) is 8.83. The molecule has 1 aliphatic rings. The van der Waals surface area contributed by atoms with E-state index in [4.69, 9.17) is 5.11 Å². The van der Waals surface area contributed by atoms with Crippen LogP contribution in [0.25, 0.3) is 0 Å². The van der Waals surface area contributed by atoms with Crippen LogP contribution in [0.5, 0.6) is 0 Å². The number of nitrogens with one attached hydrogen (secondary N) is 1. The highest BCUT2D eigenvalue weighted by Crippen LogP contribution is 2.22. The van der Waals surface area contributed by atoms with Crippen molar-refractivity contribution < 1.29 is 18.3 Å². The van der Waals surface area contributed by atoms with Crippen molar-refractivity contribution in [1.82, 2.24) is 9.62 Å². The van der Waals surface area contributed by atoms with E-state index in [0.717, 1.165) is 0 Å². The molecule has 0 unspecified atom stereocenters. The third-order valence-electron chi connectivity index (χ3n) is 2.91. The van der Waals surface area contributed by atoms with E-state index in [1.54, 1.807) is 18.2 Å². The normalized spacial score (nSPS) is 19.6. The molecular formula is C11H13BrN2O4S. The molecule has 0 aliphatic carbocycles. The fourth-order valence-corrected chi connectivity index (χ4v) is 4.24. The van der Waals surface area contributed by atoms with Gasteiger partial charge in [0.05, 0.1) is 4.90 Å². The van der Waals surface area contributed by atoms with Crippen molar-refractivity contribution in [3.8, 4) is 0 Å². The summed E-state index contributed by atoms with van der Waals surface area (Å²) in [6.45, 7) is 0.525. The van der Waals surface area contributed by atoms with Gasteiger partial charge in [0.1, 0.15) is 0 Å². The molecule has 1 heterocycles. The lowest BCUT2D eigenvalue weighted by Gasteiger charge is -2.14. The Morgan fingerprint density at radius 2 is 2.11 bits per heavy atom. The van der Waals surface area contributed by atoms with Crippen molar-refractivity contribution in [1.29, 1.82) is 0 Å². The number of nitrogens with zero attached hydrogens (tertiary/aromatic N) is 1. The number of carbonyl (C=O) groups is 1. The van der Waals surface area contributed by atoms with E-state index in [1.165, 1.54) is 11.0 Å². The lowest BCUT2D eigenvalue weighted by Crippen LogP contribution is -2.38. The van der Waals surface area contributed by atoms with Gasteiger partial charge >= 0.3 is 6.09 Å². The van der Waals surface area contributed by atoms with Gasteiger partial charge in [0.15, 0.2) is 0 Å². The standard InChI is InChI=1S/C11H13BrN2O4S/c12-9-3-1-2-4-10(9)19(17,18)13-8-5-6-14(7-8)11(15)16/h1-4,8,13H,5-7H2,(H,15,16)/t8-/m0/s1. The van der Waals surface area contributed by atoms with Gasteiger partial charge in [-0.1, -0.05) is 12.1 Å². The van der Waals surface area contributed by atoms with Crippen LogP contribution in [0.2, 0.25) is 0 Å². The summed E-state index contributed by atoms with van der Waals surface area (Å²) < 4.78 is 27.4. The lowest BCUT2D eigenvalue weighted by atomic mass is 10.3. The first-order valence-electron chi connectivity index (χ1n) is 5.65.